The summed E-state index contributed by atoms with van der Waals surface area (Å²) in [7, 11) is 0. The van der Waals surface area contributed by atoms with Crippen molar-refractivity contribution in [2.24, 2.45) is 0 Å². The Morgan fingerprint density at radius 1 is 1.43 bits per heavy atom. The molecule has 78 valence electrons. The third-order valence-electron chi connectivity index (χ3n) is 2.95. The van der Waals surface area contributed by atoms with Gasteiger partial charge in [0, 0.05) is 16.3 Å². The monoisotopic (exact) mass is 209 g/mol. The van der Waals surface area contributed by atoms with Crippen LogP contribution in [-0.4, -0.2) is 6.54 Å². The normalized spacial score (nSPS) is 16.0. The summed E-state index contributed by atoms with van der Waals surface area (Å²) in [6, 6.07) is 0. The highest BCUT2D eigenvalue weighted by molar-refractivity contribution is 7.12. The predicted octanol–water partition coefficient (Wildman–Crippen LogP) is 3.08. The molecule has 0 radical (unpaired) electrons. The molecule has 0 saturated carbocycles. The molecule has 0 aromatic carbocycles. The van der Waals surface area contributed by atoms with E-state index in [2.05, 4.69) is 26.1 Å². The van der Waals surface area contributed by atoms with Gasteiger partial charge in [-0.05, 0) is 36.4 Å². The average molecular weight is 209 g/mol. The number of hydrogen-bond acceptors (Lipinski definition) is 2. The zero-order valence-electron chi connectivity index (χ0n) is 9.31. The first kappa shape index (κ1) is 10.2. The minimum absolute atomic E-state index is 0.695. The van der Waals surface area contributed by atoms with E-state index < -0.39 is 0 Å². The molecule has 0 amide bonds. The summed E-state index contributed by atoms with van der Waals surface area (Å²) in [5.41, 5.74) is 3.32. The van der Waals surface area contributed by atoms with Gasteiger partial charge < -0.3 is 5.32 Å². The Labute approximate surface area is 90.5 Å². The summed E-state index contributed by atoms with van der Waals surface area (Å²) in [4.78, 5) is 3.22. The van der Waals surface area contributed by atoms with Crippen LogP contribution in [0.5, 0.6) is 0 Å². The Morgan fingerprint density at radius 3 is 2.86 bits per heavy atom. The van der Waals surface area contributed by atoms with E-state index in [9.17, 15) is 0 Å². The fraction of sp³-hybridized carbons (Fsp3) is 0.667. The van der Waals surface area contributed by atoms with Crippen LogP contribution in [-0.2, 0) is 19.4 Å². The standard InChI is InChI=1S/C12H19NS/c1-4-9-10-5-6-13-7-11(10)14-12(9)8(2)3/h8,13H,4-7H2,1-3H3. The maximum Gasteiger partial charge on any atom is 0.0302 e. The molecule has 2 heteroatoms. The highest BCUT2D eigenvalue weighted by Gasteiger charge is 2.20. The van der Waals surface area contributed by atoms with Crippen molar-refractivity contribution in [2.45, 2.75) is 46.1 Å². The van der Waals surface area contributed by atoms with Gasteiger partial charge in [-0.3, -0.25) is 0 Å². The van der Waals surface area contributed by atoms with Gasteiger partial charge in [0.25, 0.3) is 0 Å². The molecule has 0 bridgehead atoms. The second-order valence-corrected chi connectivity index (χ2v) is 5.42. The van der Waals surface area contributed by atoms with Crippen molar-refractivity contribution in [3.8, 4) is 0 Å². The van der Waals surface area contributed by atoms with Crippen LogP contribution in [0.15, 0.2) is 0 Å². The molecule has 1 aromatic heterocycles. The Bertz CT molecular complexity index is 325. The minimum Gasteiger partial charge on any atom is -0.312 e. The molecule has 1 aliphatic heterocycles. The molecule has 0 saturated heterocycles. The van der Waals surface area contributed by atoms with Crippen molar-refractivity contribution >= 4 is 11.3 Å². The van der Waals surface area contributed by atoms with E-state index in [1.165, 1.54) is 12.8 Å². The Balaban J connectivity index is 2.46. The van der Waals surface area contributed by atoms with Gasteiger partial charge in [-0.1, -0.05) is 20.8 Å². The van der Waals surface area contributed by atoms with Crippen LogP contribution in [0.2, 0.25) is 0 Å². The summed E-state index contributed by atoms with van der Waals surface area (Å²) in [5.74, 6) is 0.695. The van der Waals surface area contributed by atoms with Crippen molar-refractivity contribution in [2.75, 3.05) is 6.54 Å². The lowest BCUT2D eigenvalue weighted by molar-refractivity contribution is 0.650. The number of thiophene rings is 1. The Hall–Kier alpha value is -0.340. The zero-order chi connectivity index (χ0) is 10.1. The SMILES string of the molecule is CCc1c(C(C)C)sc2c1CCNC2. The molecule has 0 aliphatic carbocycles. The summed E-state index contributed by atoms with van der Waals surface area (Å²) < 4.78 is 0. The van der Waals surface area contributed by atoms with Crippen LogP contribution < -0.4 is 5.32 Å². The lowest BCUT2D eigenvalue weighted by Crippen LogP contribution is -2.22. The third kappa shape index (κ3) is 1.61. The molecule has 1 aromatic rings. The summed E-state index contributed by atoms with van der Waals surface area (Å²) in [6.07, 6.45) is 2.45. The molecule has 0 spiro atoms. The molecule has 0 atom stereocenters. The van der Waals surface area contributed by atoms with Crippen molar-refractivity contribution < 1.29 is 0 Å². The van der Waals surface area contributed by atoms with Crippen LogP contribution in [0.4, 0.5) is 0 Å². The maximum absolute atomic E-state index is 3.45. The molecule has 2 heterocycles. The van der Waals surface area contributed by atoms with Crippen molar-refractivity contribution in [3.05, 3.63) is 20.9 Å². The molecule has 1 N–H and O–H groups in total. The van der Waals surface area contributed by atoms with Crippen molar-refractivity contribution in [1.29, 1.82) is 0 Å². The van der Waals surface area contributed by atoms with E-state index in [0.717, 1.165) is 13.1 Å². The first-order chi connectivity index (χ1) is 6.74. The van der Waals surface area contributed by atoms with Crippen LogP contribution in [0, 0.1) is 0 Å². The second kappa shape index (κ2) is 4.03. The molecule has 1 nitrogen and oxygen atoms in total. The maximum atomic E-state index is 3.45. The fourth-order valence-electron chi connectivity index (χ4n) is 2.28. The van der Waals surface area contributed by atoms with Crippen LogP contribution in [0.1, 0.15) is 47.6 Å². The van der Waals surface area contributed by atoms with Gasteiger partial charge in [0.1, 0.15) is 0 Å². The molecule has 14 heavy (non-hydrogen) atoms. The van der Waals surface area contributed by atoms with Crippen molar-refractivity contribution in [3.63, 3.8) is 0 Å². The lowest BCUT2D eigenvalue weighted by atomic mass is 9.97. The van der Waals surface area contributed by atoms with Crippen LogP contribution in [0.25, 0.3) is 0 Å². The van der Waals surface area contributed by atoms with E-state index in [0.29, 0.717) is 5.92 Å². The van der Waals surface area contributed by atoms with Crippen LogP contribution in [0.3, 0.4) is 0 Å². The molecule has 0 unspecified atom stereocenters. The highest BCUT2D eigenvalue weighted by Crippen LogP contribution is 2.35. The highest BCUT2D eigenvalue weighted by atomic mass is 32.1. The van der Waals surface area contributed by atoms with Gasteiger partial charge in [-0.2, -0.15) is 0 Å². The fourth-order valence-corrected chi connectivity index (χ4v) is 3.69. The van der Waals surface area contributed by atoms with Gasteiger partial charge in [-0.25, -0.2) is 0 Å². The van der Waals surface area contributed by atoms with Crippen LogP contribution >= 0.6 is 11.3 Å². The second-order valence-electron chi connectivity index (χ2n) is 4.28. The van der Waals surface area contributed by atoms with E-state index in [-0.39, 0.29) is 0 Å². The van der Waals surface area contributed by atoms with Gasteiger partial charge in [-0.15, -0.1) is 11.3 Å². The average Bonchev–Trinajstić information content (AvgIpc) is 2.56. The third-order valence-corrected chi connectivity index (χ3v) is 4.52. The molecular weight excluding hydrogens is 190 g/mol. The van der Waals surface area contributed by atoms with Crippen molar-refractivity contribution in [1.82, 2.24) is 5.32 Å². The van der Waals surface area contributed by atoms with Gasteiger partial charge in [0.15, 0.2) is 0 Å². The van der Waals surface area contributed by atoms with E-state index in [1.807, 2.05) is 11.3 Å². The summed E-state index contributed by atoms with van der Waals surface area (Å²) in [6.45, 7) is 9.16. The van der Waals surface area contributed by atoms with E-state index in [4.69, 9.17) is 0 Å². The number of rotatable bonds is 2. The Kier molecular flexibility index (Phi) is 2.93. The summed E-state index contributed by atoms with van der Waals surface area (Å²) >= 11 is 2.03. The quantitative estimate of drug-likeness (QED) is 0.789. The molecule has 0 fully saturated rings. The molecule has 2 rings (SSSR count). The molecular formula is C12H19NS. The van der Waals surface area contributed by atoms with E-state index in [1.54, 1.807) is 20.9 Å². The number of hydrogen-bond donors (Lipinski definition) is 1. The topological polar surface area (TPSA) is 12.0 Å². The molecule has 1 aliphatic rings. The summed E-state index contributed by atoms with van der Waals surface area (Å²) in [5, 5.41) is 3.45. The smallest absolute Gasteiger partial charge is 0.0302 e. The lowest BCUT2D eigenvalue weighted by Gasteiger charge is -2.14. The Morgan fingerprint density at radius 2 is 2.21 bits per heavy atom. The predicted molar refractivity (Wildman–Crippen MR) is 63.2 cm³/mol. The first-order valence-corrected chi connectivity index (χ1v) is 6.39. The van der Waals surface area contributed by atoms with Gasteiger partial charge >= 0.3 is 0 Å². The number of fused-ring (bicyclic) bond motifs is 1. The largest absolute Gasteiger partial charge is 0.312 e. The number of nitrogens with one attached hydrogen (secondary N) is 1. The van der Waals surface area contributed by atoms with Gasteiger partial charge in [0.2, 0.25) is 0 Å². The minimum atomic E-state index is 0.695. The zero-order valence-corrected chi connectivity index (χ0v) is 10.1. The van der Waals surface area contributed by atoms with E-state index >= 15 is 0 Å². The first-order valence-electron chi connectivity index (χ1n) is 5.58. The van der Waals surface area contributed by atoms with Gasteiger partial charge in [0.05, 0.1) is 0 Å².